The van der Waals surface area contributed by atoms with Crippen LogP contribution in [0, 0.1) is 0 Å². The fourth-order valence-corrected chi connectivity index (χ4v) is 2.77. The van der Waals surface area contributed by atoms with Gasteiger partial charge >= 0.3 is 0 Å². The number of rotatable bonds is 2. The molecular weight excluding hydrogens is 270 g/mol. The van der Waals surface area contributed by atoms with Crippen LogP contribution in [-0.2, 0) is 0 Å². The van der Waals surface area contributed by atoms with E-state index in [1.807, 2.05) is 36.4 Å². The van der Waals surface area contributed by atoms with Crippen molar-refractivity contribution in [2.75, 3.05) is 0 Å². The van der Waals surface area contributed by atoms with Gasteiger partial charge < -0.3 is 4.42 Å². The van der Waals surface area contributed by atoms with E-state index in [1.54, 1.807) is 24.4 Å². The first-order valence-electron chi connectivity index (χ1n) is 9.16. The highest BCUT2D eigenvalue weighted by atomic mass is 16.3. The van der Waals surface area contributed by atoms with E-state index in [1.165, 1.54) is 6.92 Å². The molecule has 1 unspecified atom stereocenters. The van der Waals surface area contributed by atoms with Gasteiger partial charge in [-0.1, -0.05) is 50.2 Å². The lowest BCUT2D eigenvalue weighted by Gasteiger charge is -2.08. The Bertz CT molecular complexity index is 1110. The van der Waals surface area contributed by atoms with Crippen LogP contribution in [0.2, 0.25) is 0 Å². The molecule has 0 aliphatic carbocycles. The highest BCUT2D eigenvalue weighted by molar-refractivity contribution is 6.07. The zero-order chi connectivity index (χ0) is 18.5. The van der Waals surface area contributed by atoms with Crippen molar-refractivity contribution >= 4 is 22.1 Å². The van der Waals surface area contributed by atoms with Crippen molar-refractivity contribution in [2.45, 2.75) is 19.7 Å². The first kappa shape index (κ1) is 9.42. The van der Waals surface area contributed by atoms with E-state index < -0.39 is 12.7 Å². The average molecular weight is 291 g/mol. The summed E-state index contributed by atoms with van der Waals surface area (Å²) in [4.78, 5) is 4.40. The second-order valence-electron chi connectivity index (χ2n) is 5.34. The topological polar surface area (TPSA) is 26.0 Å². The molecule has 0 saturated carbocycles. The Labute approximate surface area is 135 Å². The Hall–Kier alpha value is -2.61. The molecule has 2 heteroatoms. The van der Waals surface area contributed by atoms with Crippen LogP contribution < -0.4 is 0 Å². The Morgan fingerprint density at radius 3 is 2.95 bits per heavy atom. The smallest absolute Gasteiger partial charge is 0.153 e. The van der Waals surface area contributed by atoms with Gasteiger partial charge in [-0.25, -0.2) is 0 Å². The van der Waals surface area contributed by atoms with Crippen molar-refractivity contribution in [3.05, 3.63) is 66.4 Å². The van der Waals surface area contributed by atoms with Gasteiger partial charge in [-0.2, -0.15) is 0 Å². The zero-order valence-corrected chi connectivity index (χ0v) is 12.1. The number of hydrogen-bond donors (Lipinski definition) is 0. The van der Waals surface area contributed by atoms with Crippen molar-refractivity contribution in [3.8, 4) is 11.1 Å². The average Bonchev–Trinajstić information content (AvgIpc) is 2.99. The lowest BCUT2D eigenvalue weighted by atomic mass is 9.96. The quantitative estimate of drug-likeness (QED) is 0.468. The van der Waals surface area contributed by atoms with Crippen molar-refractivity contribution in [3.63, 3.8) is 0 Å². The van der Waals surface area contributed by atoms with Gasteiger partial charge in [0, 0.05) is 22.6 Å². The minimum atomic E-state index is -2.42. The molecule has 1 atom stereocenters. The van der Waals surface area contributed by atoms with E-state index in [4.69, 9.17) is 9.90 Å². The van der Waals surface area contributed by atoms with Gasteiger partial charge in [0.2, 0.25) is 0 Å². The van der Waals surface area contributed by atoms with Crippen LogP contribution >= 0.6 is 0 Å². The van der Waals surface area contributed by atoms with E-state index in [2.05, 4.69) is 4.98 Å². The fraction of sp³-hybridized carbons (Fsp3) is 0.150. The van der Waals surface area contributed by atoms with Crippen molar-refractivity contribution in [2.24, 2.45) is 0 Å². The third kappa shape index (κ3) is 2.00. The molecule has 0 aliphatic rings. The van der Waals surface area contributed by atoms with Crippen molar-refractivity contribution in [1.82, 2.24) is 4.98 Å². The molecule has 0 fully saturated rings. The summed E-state index contributed by atoms with van der Waals surface area (Å²) in [6, 6.07) is 16.6. The SMILES string of the molecule is [2H]C([2H])([2H])C([2H])(C)c1cccc(-c2cccc3c2oc2cccnc23)c1. The molecule has 2 heterocycles. The summed E-state index contributed by atoms with van der Waals surface area (Å²) in [5.41, 5.74) is 4.32. The Morgan fingerprint density at radius 2 is 2.05 bits per heavy atom. The van der Waals surface area contributed by atoms with E-state index in [9.17, 15) is 0 Å². The highest BCUT2D eigenvalue weighted by Crippen LogP contribution is 2.35. The number of pyridine rings is 1. The number of benzene rings is 2. The maximum atomic E-state index is 8.33. The summed E-state index contributed by atoms with van der Waals surface area (Å²) in [5, 5.41) is 0.910. The molecule has 0 spiro atoms. The van der Waals surface area contributed by atoms with E-state index in [0.29, 0.717) is 16.7 Å². The molecule has 4 aromatic rings. The molecule has 0 aliphatic heterocycles. The van der Waals surface area contributed by atoms with E-state index in [-0.39, 0.29) is 0 Å². The predicted octanol–water partition coefficient (Wildman–Crippen LogP) is 5.77. The van der Waals surface area contributed by atoms with Crippen LogP contribution in [-0.4, -0.2) is 4.98 Å². The molecular formula is C20H17NO. The van der Waals surface area contributed by atoms with Crippen LogP contribution in [0.15, 0.2) is 65.2 Å². The fourth-order valence-electron chi connectivity index (χ4n) is 2.77. The molecule has 22 heavy (non-hydrogen) atoms. The molecule has 2 aromatic heterocycles. The summed E-state index contributed by atoms with van der Waals surface area (Å²) in [6.07, 6.45) is 1.73. The summed E-state index contributed by atoms with van der Waals surface area (Å²) in [7, 11) is 0. The monoisotopic (exact) mass is 291 g/mol. The Morgan fingerprint density at radius 1 is 1.14 bits per heavy atom. The van der Waals surface area contributed by atoms with Gasteiger partial charge in [0.25, 0.3) is 0 Å². The van der Waals surface area contributed by atoms with Gasteiger partial charge in [-0.15, -0.1) is 0 Å². The van der Waals surface area contributed by atoms with E-state index >= 15 is 0 Å². The standard InChI is InChI=1S/C20H17NO/c1-13(2)14-6-3-7-15(12-14)16-8-4-9-17-19-18(22-20(16)17)10-5-11-21-19/h3-13H,1-2H3/i1D3,13D. The van der Waals surface area contributed by atoms with Crippen LogP contribution in [0.1, 0.15) is 30.7 Å². The lowest BCUT2D eigenvalue weighted by Crippen LogP contribution is -1.88. The Kier molecular flexibility index (Phi) is 2.13. The predicted molar refractivity (Wildman–Crippen MR) is 91.0 cm³/mol. The van der Waals surface area contributed by atoms with E-state index in [0.717, 1.165) is 22.0 Å². The molecule has 2 nitrogen and oxygen atoms in total. The largest absolute Gasteiger partial charge is 0.454 e. The Balaban J connectivity index is 1.93. The summed E-state index contributed by atoms with van der Waals surface area (Å²) in [5.74, 6) is -1.69. The second-order valence-corrected chi connectivity index (χ2v) is 5.34. The van der Waals surface area contributed by atoms with Crippen molar-refractivity contribution in [1.29, 1.82) is 0 Å². The highest BCUT2D eigenvalue weighted by Gasteiger charge is 2.13. The first-order valence-corrected chi connectivity index (χ1v) is 7.16. The minimum absolute atomic E-state index is 0.446. The number of aromatic nitrogens is 1. The summed E-state index contributed by atoms with van der Waals surface area (Å²) < 4.78 is 37.4. The number of furan rings is 1. The molecule has 4 rings (SSSR count). The van der Waals surface area contributed by atoms with Crippen LogP contribution in [0.25, 0.3) is 33.2 Å². The second kappa shape index (κ2) is 4.99. The zero-order valence-electron chi connectivity index (χ0n) is 16.1. The number of fused-ring (bicyclic) bond motifs is 3. The third-order valence-corrected chi connectivity index (χ3v) is 3.86. The molecule has 0 saturated heterocycles. The summed E-state index contributed by atoms with van der Waals surface area (Å²) in [6.45, 7) is -0.994. The maximum absolute atomic E-state index is 8.33. The summed E-state index contributed by atoms with van der Waals surface area (Å²) >= 11 is 0. The van der Waals surface area contributed by atoms with Crippen molar-refractivity contribution < 1.29 is 9.90 Å². The van der Waals surface area contributed by atoms with Gasteiger partial charge in [-0.3, -0.25) is 4.98 Å². The van der Waals surface area contributed by atoms with Gasteiger partial charge in [0.1, 0.15) is 11.1 Å². The lowest BCUT2D eigenvalue weighted by molar-refractivity contribution is 0.669. The van der Waals surface area contributed by atoms with Gasteiger partial charge in [0.15, 0.2) is 5.58 Å². The third-order valence-electron chi connectivity index (χ3n) is 3.86. The van der Waals surface area contributed by atoms with Crippen LogP contribution in [0.5, 0.6) is 0 Å². The molecule has 0 amide bonds. The molecule has 108 valence electrons. The molecule has 0 radical (unpaired) electrons. The number of para-hydroxylation sites is 1. The number of hydrogen-bond acceptors (Lipinski definition) is 2. The maximum Gasteiger partial charge on any atom is 0.153 e. The van der Waals surface area contributed by atoms with Crippen LogP contribution in [0.4, 0.5) is 0 Å². The number of nitrogens with zero attached hydrogens (tertiary/aromatic N) is 1. The first-order chi connectivity index (χ1) is 12.3. The molecule has 0 N–H and O–H groups in total. The van der Waals surface area contributed by atoms with Gasteiger partial charge in [-0.05, 0) is 35.2 Å². The minimum Gasteiger partial charge on any atom is -0.454 e. The normalized spacial score (nSPS) is 17.5. The molecule has 2 aromatic carbocycles. The van der Waals surface area contributed by atoms with Crippen LogP contribution in [0.3, 0.4) is 0 Å². The van der Waals surface area contributed by atoms with Gasteiger partial charge in [0.05, 0.1) is 0 Å². The molecule has 0 bridgehead atoms.